The van der Waals surface area contributed by atoms with E-state index >= 15 is 0 Å². The van der Waals surface area contributed by atoms with Gasteiger partial charge >= 0.3 is 6.18 Å². The molecule has 0 spiro atoms. The van der Waals surface area contributed by atoms with Crippen LogP contribution in [-0.4, -0.2) is 33.6 Å². The normalized spacial score (nSPS) is 21.0. The maximum atomic E-state index is 13.4. The SMILES string of the molecule is Cc1cocc1C(=O)N1N=C(c2ccccc2)C[C@]1(O)C(F)(F)F. The fourth-order valence-corrected chi connectivity index (χ4v) is 2.46. The van der Waals surface area contributed by atoms with Crippen molar-refractivity contribution in [1.82, 2.24) is 5.01 Å². The Kier molecular flexibility index (Phi) is 3.71. The molecule has 8 heteroatoms. The Bertz CT molecular complexity index is 798. The first kappa shape index (κ1) is 16.3. The molecule has 24 heavy (non-hydrogen) atoms. The van der Waals surface area contributed by atoms with E-state index in [4.69, 9.17) is 4.42 Å². The van der Waals surface area contributed by atoms with Crippen LogP contribution in [0.5, 0.6) is 0 Å². The Balaban J connectivity index is 2.06. The van der Waals surface area contributed by atoms with E-state index in [2.05, 4.69) is 5.10 Å². The third kappa shape index (κ3) is 2.48. The van der Waals surface area contributed by atoms with Crippen LogP contribution in [0.3, 0.4) is 0 Å². The van der Waals surface area contributed by atoms with Crippen molar-refractivity contribution >= 4 is 11.6 Å². The number of furan rings is 1. The number of alkyl halides is 3. The lowest BCUT2D eigenvalue weighted by Crippen LogP contribution is -2.56. The smallest absolute Gasteiger partial charge is 0.438 e. The van der Waals surface area contributed by atoms with Gasteiger partial charge in [0.1, 0.15) is 6.26 Å². The predicted octanol–water partition coefficient (Wildman–Crippen LogP) is 3.09. The summed E-state index contributed by atoms with van der Waals surface area (Å²) in [5, 5.41) is 14.1. The van der Waals surface area contributed by atoms with Crippen molar-refractivity contribution < 1.29 is 27.5 Å². The van der Waals surface area contributed by atoms with Gasteiger partial charge in [-0.05, 0) is 12.5 Å². The molecule has 1 aliphatic rings. The van der Waals surface area contributed by atoms with Gasteiger partial charge in [-0.25, -0.2) is 0 Å². The topological polar surface area (TPSA) is 66.0 Å². The molecule has 0 unspecified atom stereocenters. The lowest BCUT2D eigenvalue weighted by Gasteiger charge is -2.32. The first-order chi connectivity index (χ1) is 11.2. The molecular weight excluding hydrogens is 325 g/mol. The maximum absolute atomic E-state index is 13.4. The fourth-order valence-electron chi connectivity index (χ4n) is 2.46. The van der Waals surface area contributed by atoms with Crippen LogP contribution in [0.4, 0.5) is 13.2 Å². The van der Waals surface area contributed by atoms with Gasteiger partial charge in [0.15, 0.2) is 0 Å². The molecule has 2 aromatic rings. The predicted molar refractivity (Wildman–Crippen MR) is 78.2 cm³/mol. The average Bonchev–Trinajstić information content (AvgIpc) is 3.11. The molecule has 1 N–H and O–H groups in total. The van der Waals surface area contributed by atoms with E-state index in [-0.39, 0.29) is 16.3 Å². The molecular formula is C16H13F3N2O3. The van der Waals surface area contributed by atoms with E-state index in [1.807, 2.05) is 0 Å². The molecule has 1 aromatic heterocycles. The number of amides is 1. The molecule has 1 amide bonds. The summed E-state index contributed by atoms with van der Waals surface area (Å²) in [6.45, 7) is 1.52. The largest absolute Gasteiger partial charge is 0.471 e. The van der Waals surface area contributed by atoms with Crippen molar-refractivity contribution in [1.29, 1.82) is 0 Å². The number of nitrogens with zero attached hydrogens (tertiary/aromatic N) is 2. The number of carbonyl (C=O) groups excluding carboxylic acids is 1. The maximum Gasteiger partial charge on any atom is 0.438 e. The van der Waals surface area contributed by atoms with Gasteiger partial charge in [0, 0.05) is 5.56 Å². The van der Waals surface area contributed by atoms with E-state index < -0.39 is 24.2 Å². The summed E-state index contributed by atoms with van der Waals surface area (Å²) < 4.78 is 45.2. The lowest BCUT2D eigenvalue weighted by molar-refractivity contribution is -0.297. The van der Waals surface area contributed by atoms with Crippen LogP contribution in [-0.2, 0) is 0 Å². The van der Waals surface area contributed by atoms with Gasteiger partial charge in [-0.3, -0.25) is 4.79 Å². The molecule has 0 bridgehead atoms. The Labute approximate surface area is 135 Å². The molecule has 5 nitrogen and oxygen atoms in total. The van der Waals surface area contributed by atoms with Crippen LogP contribution in [0, 0.1) is 6.92 Å². The molecule has 3 rings (SSSR count). The first-order valence-electron chi connectivity index (χ1n) is 7.03. The van der Waals surface area contributed by atoms with Crippen LogP contribution < -0.4 is 0 Å². The molecule has 1 atom stereocenters. The lowest BCUT2D eigenvalue weighted by atomic mass is 10.0. The van der Waals surface area contributed by atoms with E-state index in [1.165, 1.54) is 13.2 Å². The highest BCUT2D eigenvalue weighted by molar-refractivity contribution is 6.05. The van der Waals surface area contributed by atoms with E-state index in [9.17, 15) is 23.1 Å². The molecule has 1 aromatic carbocycles. The second-order valence-corrected chi connectivity index (χ2v) is 5.49. The molecule has 0 fully saturated rings. The number of halogens is 3. The summed E-state index contributed by atoms with van der Waals surface area (Å²) in [6.07, 6.45) is -3.65. The standard InChI is InChI=1S/C16H13F3N2O3/c1-10-8-24-9-12(10)14(22)21-15(23,16(17,18)19)7-13(20-21)11-5-3-2-4-6-11/h2-6,8-9,23H,7H2,1H3/t15-/m0/s1. The van der Waals surface area contributed by atoms with Gasteiger partial charge in [-0.2, -0.15) is 23.3 Å². The zero-order valence-electron chi connectivity index (χ0n) is 12.5. The number of benzene rings is 1. The summed E-state index contributed by atoms with van der Waals surface area (Å²) in [5.41, 5.74) is -2.76. The van der Waals surface area contributed by atoms with Crippen LogP contribution in [0.2, 0.25) is 0 Å². The van der Waals surface area contributed by atoms with Crippen LogP contribution in [0.25, 0.3) is 0 Å². The van der Waals surface area contributed by atoms with Crippen molar-refractivity contribution in [2.75, 3.05) is 0 Å². The quantitative estimate of drug-likeness (QED) is 0.915. The zero-order chi connectivity index (χ0) is 17.5. The number of aliphatic hydroxyl groups is 1. The molecule has 0 radical (unpaired) electrons. The van der Waals surface area contributed by atoms with E-state index in [1.54, 1.807) is 30.3 Å². The second kappa shape index (κ2) is 5.48. The molecule has 0 aliphatic carbocycles. The molecule has 0 saturated carbocycles. The molecule has 126 valence electrons. The number of hydrogen-bond acceptors (Lipinski definition) is 4. The third-order valence-corrected chi connectivity index (χ3v) is 3.82. The summed E-state index contributed by atoms with van der Waals surface area (Å²) in [7, 11) is 0. The summed E-state index contributed by atoms with van der Waals surface area (Å²) in [4.78, 5) is 12.5. The van der Waals surface area contributed by atoms with Crippen LogP contribution in [0.15, 0.2) is 52.4 Å². The summed E-state index contributed by atoms with van der Waals surface area (Å²) >= 11 is 0. The van der Waals surface area contributed by atoms with Crippen molar-refractivity contribution in [3.8, 4) is 0 Å². The van der Waals surface area contributed by atoms with Gasteiger partial charge in [0.2, 0.25) is 0 Å². The van der Waals surface area contributed by atoms with Gasteiger partial charge in [-0.15, -0.1) is 0 Å². The number of carbonyl (C=O) groups is 1. The van der Waals surface area contributed by atoms with Crippen molar-refractivity contribution in [2.45, 2.75) is 25.2 Å². The molecule has 0 saturated heterocycles. The Morgan fingerprint density at radius 1 is 1.29 bits per heavy atom. The van der Waals surface area contributed by atoms with E-state index in [0.717, 1.165) is 6.26 Å². The Morgan fingerprint density at radius 2 is 1.96 bits per heavy atom. The van der Waals surface area contributed by atoms with Crippen molar-refractivity contribution in [3.05, 3.63) is 59.5 Å². The second-order valence-electron chi connectivity index (χ2n) is 5.49. The number of rotatable bonds is 2. The van der Waals surface area contributed by atoms with Crippen molar-refractivity contribution in [3.63, 3.8) is 0 Å². The van der Waals surface area contributed by atoms with Gasteiger partial charge < -0.3 is 9.52 Å². The summed E-state index contributed by atoms with van der Waals surface area (Å²) in [5.74, 6) is -1.08. The highest BCUT2D eigenvalue weighted by atomic mass is 19.4. The minimum Gasteiger partial charge on any atom is -0.471 e. The monoisotopic (exact) mass is 338 g/mol. The zero-order valence-corrected chi connectivity index (χ0v) is 12.5. The summed E-state index contributed by atoms with van der Waals surface area (Å²) in [6, 6.07) is 8.09. The van der Waals surface area contributed by atoms with Gasteiger partial charge in [0.25, 0.3) is 11.6 Å². The third-order valence-electron chi connectivity index (χ3n) is 3.82. The Morgan fingerprint density at radius 3 is 2.50 bits per heavy atom. The molecule has 1 aliphatic heterocycles. The number of aryl methyl sites for hydroxylation is 1. The minimum atomic E-state index is -5.07. The van der Waals surface area contributed by atoms with Gasteiger partial charge in [0.05, 0.1) is 24.0 Å². The molecule has 2 heterocycles. The highest BCUT2D eigenvalue weighted by Gasteiger charge is 2.63. The van der Waals surface area contributed by atoms with Crippen LogP contribution in [0.1, 0.15) is 27.9 Å². The average molecular weight is 338 g/mol. The highest BCUT2D eigenvalue weighted by Crippen LogP contribution is 2.42. The number of hydrazone groups is 1. The fraction of sp³-hybridized carbons (Fsp3) is 0.250. The van der Waals surface area contributed by atoms with Crippen molar-refractivity contribution in [2.24, 2.45) is 5.10 Å². The minimum absolute atomic E-state index is 0.0232. The first-order valence-corrected chi connectivity index (χ1v) is 7.03. The van der Waals surface area contributed by atoms with Gasteiger partial charge in [-0.1, -0.05) is 30.3 Å². The van der Waals surface area contributed by atoms with Crippen LogP contribution >= 0.6 is 0 Å². The van der Waals surface area contributed by atoms with E-state index in [0.29, 0.717) is 11.1 Å². The number of hydrogen-bond donors (Lipinski definition) is 1. The Hall–Kier alpha value is -2.61.